The Bertz CT molecular complexity index is 1170. The number of benzene rings is 3. The van der Waals surface area contributed by atoms with Gasteiger partial charge in [0.25, 0.3) is 0 Å². The lowest BCUT2D eigenvalue weighted by atomic mass is 9.78. The van der Waals surface area contributed by atoms with Gasteiger partial charge in [-0.1, -0.05) is 31.5 Å². The van der Waals surface area contributed by atoms with Gasteiger partial charge in [-0.3, -0.25) is 0 Å². The van der Waals surface area contributed by atoms with Crippen molar-refractivity contribution in [2.45, 2.75) is 51.4 Å². The number of hydrogen-bond donors (Lipinski definition) is 0. The Labute approximate surface area is 182 Å². The molecule has 168 valence electrons. The van der Waals surface area contributed by atoms with E-state index in [2.05, 4.69) is 6.92 Å². The Hall–Kier alpha value is -2.76. The third kappa shape index (κ3) is 4.03. The molecule has 1 aliphatic carbocycles. The summed E-state index contributed by atoms with van der Waals surface area (Å²) in [6.45, 7) is 2.05. The fourth-order valence-electron chi connectivity index (χ4n) is 4.50. The van der Waals surface area contributed by atoms with Crippen molar-refractivity contribution in [1.29, 1.82) is 0 Å². The molecule has 0 spiro atoms. The second-order valence-electron chi connectivity index (χ2n) is 8.30. The summed E-state index contributed by atoms with van der Waals surface area (Å²) in [4.78, 5) is 0. The summed E-state index contributed by atoms with van der Waals surface area (Å²) in [7, 11) is 0. The smallest absolute Gasteiger partial charge is 0.169 e. The van der Waals surface area contributed by atoms with Crippen LogP contribution in [0.4, 0.5) is 26.3 Å². The van der Waals surface area contributed by atoms with Crippen molar-refractivity contribution in [3.8, 4) is 11.1 Å². The standard InChI is InChI=1S/C26H22F6/c1-2-3-4-14-5-8-17(21(28)11-14)15-6-9-18-19(12-15)25(31)26(32)23(24(18)30)16-7-10-20(27)22(29)13-16/h5,7-8,10-11,13,15H,2-4,6,9,12H2,1H3. The Kier molecular flexibility index (Phi) is 6.31. The van der Waals surface area contributed by atoms with Crippen LogP contribution in [0.1, 0.15) is 54.4 Å². The zero-order chi connectivity index (χ0) is 23.0. The number of hydrogen-bond acceptors (Lipinski definition) is 0. The predicted molar refractivity (Wildman–Crippen MR) is 111 cm³/mol. The maximum atomic E-state index is 15.2. The van der Waals surface area contributed by atoms with E-state index in [1.807, 2.05) is 6.07 Å². The van der Waals surface area contributed by atoms with Gasteiger partial charge >= 0.3 is 0 Å². The molecule has 1 aliphatic rings. The SMILES string of the molecule is CCCCc1ccc(C2CCc3c(F)c(-c4ccc(F)c(F)c4)c(F)c(F)c3C2)c(F)c1. The van der Waals surface area contributed by atoms with Crippen molar-refractivity contribution in [2.24, 2.45) is 0 Å². The van der Waals surface area contributed by atoms with Gasteiger partial charge in [0.05, 0.1) is 5.56 Å². The van der Waals surface area contributed by atoms with Crippen LogP contribution in [0, 0.1) is 34.9 Å². The molecule has 0 nitrogen and oxygen atoms in total. The lowest BCUT2D eigenvalue weighted by Crippen LogP contribution is -2.19. The molecular formula is C26H22F6. The van der Waals surface area contributed by atoms with Gasteiger partial charge in [0, 0.05) is 0 Å². The molecule has 0 bridgehead atoms. The van der Waals surface area contributed by atoms with Gasteiger partial charge in [-0.2, -0.15) is 0 Å². The van der Waals surface area contributed by atoms with E-state index in [1.54, 1.807) is 6.07 Å². The lowest BCUT2D eigenvalue weighted by Gasteiger charge is -2.27. The van der Waals surface area contributed by atoms with Gasteiger partial charge in [0.15, 0.2) is 23.3 Å². The molecule has 0 fully saturated rings. The third-order valence-electron chi connectivity index (χ3n) is 6.25. The maximum Gasteiger partial charge on any atom is 0.169 e. The van der Waals surface area contributed by atoms with Gasteiger partial charge in [0.1, 0.15) is 11.6 Å². The molecule has 1 atom stereocenters. The van der Waals surface area contributed by atoms with Gasteiger partial charge in [-0.15, -0.1) is 0 Å². The summed E-state index contributed by atoms with van der Waals surface area (Å²) < 4.78 is 86.6. The third-order valence-corrected chi connectivity index (χ3v) is 6.25. The van der Waals surface area contributed by atoms with E-state index in [-0.39, 0.29) is 29.5 Å². The molecule has 0 heterocycles. The van der Waals surface area contributed by atoms with E-state index in [4.69, 9.17) is 0 Å². The summed E-state index contributed by atoms with van der Waals surface area (Å²) >= 11 is 0. The highest BCUT2D eigenvalue weighted by Crippen LogP contribution is 2.41. The molecule has 0 aromatic heterocycles. The number of halogens is 6. The molecule has 0 aliphatic heterocycles. The Morgan fingerprint density at radius 2 is 1.56 bits per heavy atom. The lowest BCUT2D eigenvalue weighted by molar-refractivity contribution is 0.452. The first kappa shape index (κ1) is 22.4. The van der Waals surface area contributed by atoms with Gasteiger partial charge < -0.3 is 0 Å². The van der Waals surface area contributed by atoms with Crippen LogP contribution in [0.15, 0.2) is 36.4 Å². The predicted octanol–water partition coefficient (Wildman–Crippen LogP) is 7.80. The summed E-state index contributed by atoms with van der Waals surface area (Å²) in [5.74, 6) is -6.93. The Morgan fingerprint density at radius 1 is 0.781 bits per heavy atom. The van der Waals surface area contributed by atoms with Crippen molar-refractivity contribution in [3.05, 3.63) is 93.6 Å². The first-order valence-electron chi connectivity index (χ1n) is 10.7. The molecule has 3 aromatic carbocycles. The molecule has 3 aromatic rings. The number of aryl methyl sites for hydroxylation is 1. The average Bonchev–Trinajstić information content (AvgIpc) is 2.78. The molecule has 1 unspecified atom stereocenters. The first-order chi connectivity index (χ1) is 15.3. The van der Waals surface area contributed by atoms with Crippen molar-refractivity contribution in [3.63, 3.8) is 0 Å². The topological polar surface area (TPSA) is 0 Å². The fraction of sp³-hybridized carbons (Fsp3) is 0.308. The average molecular weight is 448 g/mol. The van der Waals surface area contributed by atoms with E-state index in [0.29, 0.717) is 18.1 Å². The number of rotatable bonds is 5. The Balaban J connectivity index is 1.70. The summed E-state index contributed by atoms with van der Waals surface area (Å²) in [6, 6.07) is 7.38. The van der Waals surface area contributed by atoms with Gasteiger partial charge in [-0.25, -0.2) is 26.3 Å². The van der Waals surface area contributed by atoms with E-state index < -0.39 is 46.4 Å². The van der Waals surface area contributed by atoms with Crippen molar-refractivity contribution >= 4 is 0 Å². The summed E-state index contributed by atoms with van der Waals surface area (Å²) in [5.41, 5.74) is 0.156. The number of fused-ring (bicyclic) bond motifs is 1. The van der Waals surface area contributed by atoms with Crippen LogP contribution in [-0.2, 0) is 19.3 Å². The van der Waals surface area contributed by atoms with Crippen LogP contribution in [-0.4, -0.2) is 0 Å². The summed E-state index contributed by atoms with van der Waals surface area (Å²) in [5, 5.41) is 0. The van der Waals surface area contributed by atoms with E-state index in [0.717, 1.165) is 37.0 Å². The zero-order valence-electron chi connectivity index (χ0n) is 17.6. The maximum absolute atomic E-state index is 15.2. The number of unbranched alkanes of at least 4 members (excludes halogenated alkanes) is 1. The Morgan fingerprint density at radius 3 is 2.25 bits per heavy atom. The quantitative estimate of drug-likeness (QED) is 0.276. The molecule has 0 saturated heterocycles. The highest BCUT2D eigenvalue weighted by atomic mass is 19.2. The molecule has 4 rings (SSSR count). The molecule has 0 saturated carbocycles. The molecule has 6 heteroatoms. The van der Waals surface area contributed by atoms with E-state index >= 15 is 4.39 Å². The first-order valence-corrected chi connectivity index (χ1v) is 10.7. The van der Waals surface area contributed by atoms with Crippen LogP contribution in [0.25, 0.3) is 11.1 Å². The minimum Gasteiger partial charge on any atom is -0.207 e. The molecule has 0 amide bonds. The molecular weight excluding hydrogens is 426 g/mol. The van der Waals surface area contributed by atoms with Crippen molar-refractivity contribution in [1.82, 2.24) is 0 Å². The second-order valence-corrected chi connectivity index (χ2v) is 8.30. The van der Waals surface area contributed by atoms with E-state index in [1.165, 1.54) is 6.07 Å². The molecule has 32 heavy (non-hydrogen) atoms. The highest BCUT2D eigenvalue weighted by molar-refractivity contribution is 5.67. The van der Waals surface area contributed by atoms with Crippen LogP contribution in [0.2, 0.25) is 0 Å². The minimum atomic E-state index is -1.46. The molecule has 0 N–H and O–H groups in total. The van der Waals surface area contributed by atoms with E-state index in [9.17, 15) is 22.0 Å². The van der Waals surface area contributed by atoms with Crippen LogP contribution >= 0.6 is 0 Å². The fourth-order valence-corrected chi connectivity index (χ4v) is 4.50. The normalized spacial score (nSPS) is 15.7. The highest BCUT2D eigenvalue weighted by Gasteiger charge is 2.32. The molecule has 0 radical (unpaired) electrons. The summed E-state index contributed by atoms with van der Waals surface area (Å²) in [6.07, 6.45) is 3.09. The van der Waals surface area contributed by atoms with Gasteiger partial charge in [-0.05, 0) is 84.0 Å². The van der Waals surface area contributed by atoms with Crippen molar-refractivity contribution in [2.75, 3.05) is 0 Å². The second kappa shape index (κ2) is 9.00. The minimum absolute atomic E-state index is 0.000132. The van der Waals surface area contributed by atoms with Crippen molar-refractivity contribution < 1.29 is 26.3 Å². The largest absolute Gasteiger partial charge is 0.207 e. The zero-order valence-corrected chi connectivity index (χ0v) is 17.6. The van der Waals surface area contributed by atoms with Crippen LogP contribution < -0.4 is 0 Å². The van der Waals surface area contributed by atoms with Gasteiger partial charge in [0.2, 0.25) is 0 Å². The monoisotopic (exact) mass is 448 g/mol. The van der Waals surface area contributed by atoms with Crippen LogP contribution in [0.3, 0.4) is 0 Å². The van der Waals surface area contributed by atoms with Crippen LogP contribution in [0.5, 0.6) is 0 Å².